The predicted octanol–water partition coefficient (Wildman–Crippen LogP) is 1.34. The molecule has 2 rings (SSSR count). The number of carbonyl (C=O) groups excluding carboxylic acids is 2. The molecule has 7 heteroatoms. The van der Waals surface area contributed by atoms with E-state index in [1.165, 1.54) is 4.90 Å². The summed E-state index contributed by atoms with van der Waals surface area (Å²) in [5.74, 6) is -0.956. The Morgan fingerprint density at radius 3 is 2.82 bits per heavy atom. The largest absolute Gasteiger partial charge is 0.482 e. The summed E-state index contributed by atoms with van der Waals surface area (Å²) in [6, 6.07) is 4.80. The number of aliphatic carboxylic acids is 1. The average molecular weight is 306 g/mol. The number of amides is 2. The van der Waals surface area contributed by atoms with E-state index in [-0.39, 0.29) is 31.4 Å². The molecule has 1 aliphatic rings. The van der Waals surface area contributed by atoms with Crippen LogP contribution in [-0.4, -0.2) is 47.5 Å². The summed E-state index contributed by atoms with van der Waals surface area (Å²) in [7, 11) is 0. The molecular weight excluding hydrogens is 288 g/mol. The zero-order chi connectivity index (χ0) is 16.1. The summed E-state index contributed by atoms with van der Waals surface area (Å²) in [4.78, 5) is 36.0. The molecule has 0 aromatic heterocycles. The second-order valence-electron chi connectivity index (χ2n) is 4.98. The molecule has 0 radical (unpaired) electrons. The Labute approximate surface area is 127 Å². The van der Waals surface area contributed by atoms with Crippen molar-refractivity contribution in [2.45, 2.75) is 19.8 Å². The first-order valence-electron chi connectivity index (χ1n) is 7.09. The highest BCUT2D eigenvalue weighted by atomic mass is 16.5. The molecule has 0 fully saturated rings. The van der Waals surface area contributed by atoms with Crippen molar-refractivity contribution in [1.29, 1.82) is 0 Å². The highest BCUT2D eigenvalue weighted by Gasteiger charge is 2.20. The minimum atomic E-state index is -0.944. The number of hydrogen-bond donors (Lipinski definition) is 2. The van der Waals surface area contributed by atoms with Gasteiger partial charge in [0.25, 0.3) is 11.8 Å². The number of carboxylic acid groups (broad SMARTS) is 1. The van der Waals surface area contributed by atoms with Gasteiger partial charge in [0.05, 0.1) is 12.1 Å². The van der Waals surface area contributed by atoms with Crippen molar-refractivity contribution in [3.8, 4) is 5.75 Å². The van der Waals surface area contributed by atoms with Gasteiger partial charge in [-0.2, -0.15) is 0 Å². The van der Waals surface area contributed by atoms with E-state index in [1.54, 1.807) is 18.2 Å². The maximum absolute atomic E-state index is 12.5. The van der Waals surface area contributed by atoms with Gasteiger partial charge in [0.2, 0.25) is 0 Å². The molecule has 1 aromatic carbocycles. The third-order valence-electron chi connectivity index (χ3n) is 3.24. The average Bonchev–Trinajstić information content (AvgIpc) is 2.49. The number of nitrogens with one attached hydrogen (secondary N) is 1. The van der Waals surface area contributed by atoms with Crippen LogP contribution >= 0.6 is 0 Å². The van der Waals surface area contributed by atoms with Crippen molar-refractivity contribution >= 4 is 23.5 Å². The summed E-state index contributed by atoms with van der Waals surface area (Å²) < 4.78 is 5.24. The van der Waals surface area contributed by atoms with Gasteiger partial charge < -0.3 is 20.1 Å². The number of benzene rings is 1. The molecule has 0 saturated heterocycles. The normalized spacial score (nSPS) is 12.9. The molecule has 1 heterocycles. The fourth-order valence-corrected chi connectivity index (χ4v) is 2.21. The Bertz CT molecular complexity index is 600. The summed E-state index contributed by atoms with van der Waals surface area (Å²) in [5.41, 5.74) is 0.847. The van der Waals surface area contributed by atoms with Crippen molar-refractivity contribution in [3.63, 3.8) is 0 Å². The molecule has 0 bridgehead atoms. The van der Waals surface area contributed by atoms with E-state index in [0.29, 0.717) is 23.5 Å². The number of rotatable bonds is 6. The maximum Gasteiger partial charge on any atom is 0.305 e. The first-order chi connectivity index (χ1) is 10.5. The molecule has 2 N–H and O–H groups in total. The molecule has 1 aliphatic heterocycles. The molecular formula is C15H18N2O5. The molecule has 1 aromatic rings. The number of carbonyl (C=O) groups is 3. The minimum Gasteiger partial charge on any atom is -0.482 e. The van der Waals surface area contributed by atoms with Crippen LogP contribution in [0, 0.1) is 0 Å². The molecule has 0 atom stereocenters. The van der Waals surface area contributed by atoms with Crippen LogP contribution in [-0.2, 0) is 9.59 Å². The smallest absolute Gasteiger partial charge is 0.305 e. The molecule has 118 valence electrons. The molecule has 22 heavy (non-hydrogen) atoms. The Morgan fingerprint density at radius 1 is 1.36 bits per heavy atom. The van der Waals surface area contributed by atoms with E-state index in [1.807, 2.05) is 6.92 Å². The van der Waals surface area contributed by atoms with Gasteiger partial charge in [0.1, 0.15) is 5.75 Å². The molecule has 0 aliphatic carbocycles. The van der Waals surface area contributed by atoms with E-state index in [9.17, 15) is 14.4 Å². The summed E-state index contributed by atoms with van der Waals surface area (Å²) in [5, 5.41) is 11.4. The van der Waals surface area contributed by atoms with E-state index >= 15 is 0 Å². The lowest BCUT2D eigenvalue weighted by Crippen LogP contribution is -2.34. The van der Waals surface area contributed by atoms with E-state index in [2.05, 4.69) is 5.32 Å². The zero-order valence-electron chi connectivity index (χ0n) is 12.3. The molecule has 2 amide bonds. The van der Waals surface area contributed by atoms with Gasteiger partial charge in [-0.1, -0.05) is 6.92 Å². The molecule has 0 unspecified atom stereocenters. The fraction of sp³-hybridized carbons (Fsp3) is 0.400. The quantitative estimate of drug-likeness (QED) is 0.827. The second-order valence-corrected chi connectivity index (χ2v) is 4.98. The van der Waals surface area contributed by atoms with Gasteiger partial charge in [-0.15, -0.1) is 0 Å². The number of hydrogen-bond acceptors (Lipinski definition) is 4. The van der Waals surface area contributed by atoms with Crippen molar-refractivity contribution < 1.29 is 24.2 Å². The Morgan fingerprint density at radius 2 is 2.14 bits per heavy atom. The van der Waals surface area contributed by atoms with Crippen molar-refractivity contribution in [1.82, 2.24) is 4.90 Å². The number of carboxylic acids is 1. The van der Waals surface area contributed by atoms with Crippen LogP contribution in [0.3, 0.4) is 0 Å². The number of nitrogens with zero attached hydrogens (tertiary/aromatic N) is 1. The summed E-state index contributed by atoms with van der Waals surface area (Å²) >= 11 is 0. The Balaban J connectivity index is 2.17. The topological polar surface area (TPSA) is 95.9 Å². The first-order valence-corrected chi connectivity index (χ1v) is 7.09. The molecule has 7 nitrogen and oxygen atoms in total. The van der Waals surface area contributed by atoms with Crippen molar-refractivity contribution in [2.24, 2.45) is 0 Å². The van der Waals surface area contributed by atoms with Crippen LogP contribution in [0.2, 0.25) is 0 Å². The predicted molar refractivity (Wildman–Crippen MR) is 79.0 cm³/mol. The number of anilines is 1. The van der Waals surface area contributed by atoms with Crippen molar-refractivity contribution in [3.05, 3.63) is 23.8 Å². The lowest BCUT2D eigenvalue weighted by atomic mass is 10.1. The van der Waals surface area contributed by atoms with Gasteiger partial charge in [0, 0.05) is 18.7 Å². The van der Waals surface area contributed by atoms with Crippen LogP contribution in [0.1, 0.15) is 30.1 Å². The highest BCUT2D eigenvalue weighted by molar-refractivity contribution is 5.99. The standard InChI is InChI=1S/C15H18N2O5/c1-2-6-17(7-5-14(19)20)15(21)10-3-4-12-11(8-10)16-13(18)9-22-12/h3-4,8H,2,5-7,9H2,1H3,(H,16,18)(H,19,20). The Hall–Kier alpha value is -2.57. The van der Waals surface area contributed by atoms with Crippen LogP contribution in [0.4, 0.5) is 5.69 Å². The monoisotopic (exact) mass is 306 g/mol. The minimum absolute atomic E-state index is 0.0408. The summed E-state index contributed by atoms with van der Waals surface area (Å²) in [6.07, 6.45) is 0.632. The Kier molecular flexibility index (Phi) is 4.98. The molecule has 0 saturated carbocycles. The van der Waals surface area contributed by atoms with Crippen molar-refractivity contribution in [2.75, 3.05) is 25.0 Å². The van der Waals surface area contributed by atoms with Crippen LogP contribution in [0.25, 0.3) is 0 Å². The summed E-state index contributed by atoms with van der Waals surface area (Å²) in [6.45, 7) is 2.51. The third-order valence-corrected chi connectivity index (χ3v) is 3.24. The lowest BCUT2D eigenvalue weighted by Gasteiger charge is -2.23. The second kappa shape index (κ2) is 6.93. The van der Waals surface area contributed by atoms with Gasteiger partial charge in [-0.25, -0.2) is 0 Å². The maximum atomic E-state index is 12.5. The van der Waals surface area contributed by atoms with E-state index in [0.717, 1.165) is 6.42 Å². The zero-order valence-corrected chi connectivity index (χ0v) is 12.3. The fourth-order valence-electron chi connectivity index (χ4n) is 2.21. The van der Waals surface area contributed by atoms with Crippen LogP contribution in [0.15, 0.2) is 18.2 Å². The molecule has 0 spiro atoms. The lowest BCUT2D eigenvalue weighted by molar-refractivity contribution is -0.137. The van der Waals surface area contributed by atoms with Crippen LogP contribution < -0.4 is 10.1 Å². The highest BCUT2D eigenvalue weighted by Crippen LogP contribution is 2.28. The van der Waals surface area contributed by atoms with Gasteiger partial charge in [-0.3, -0.25) is 14.4 Å². The van der Waals surface area contributed by atoms with E-state index < -0.39 is 5.97 Å². The first kappa shape index (κ1) is 15.8. The SMILES string of the molecule is CCCN(CCC(=O)O)C(=O)c1ccc2c(c1)NC(=O)CO2. The number of ether oxygens (including phenoxy) is 1. The van der Waals surface area contributed by atoms with E-state index in [4.69, 9.17) is 9.84 Å². The van der Waals surface area contributed by atoms with Gasteiger partial charge in [-0.05, 0) is 24.6 Å². The third kappa shape index (κ3) is 3.75. The van der Waals surface area contributed by atoms with Gasteiger partial charge in [0.15, 0.2) is 6.61 Å². The number of fused-ring (bicyclic) bond motifs is 1. The van der Waals surface area contributed by atoms with Gasteiger partial charge >= 0.3 is 5.97 Å². The van der Waals surface area contributed by atoms with Crippen LogP contribution in [0.5, 0.6) is 5.75 Å².